The number of carbonyl (C=O) groups excluding carboxylic acids is 1. The first-order valence-electron chi connectivity index (χ1n) is 14.3. The van der Waals surface area contributed by atoms with Gasteiger partial charge in [0.05, 0.1) is 26.0 Å². The number of ether oxygens (including phenoxy) is 2. The minimum absolute atomic E-state index is 0.229. The number of nitrogens with two attached hydrogens (primary N) is 1. The molecule has 2 aliphatic rings. The van der Waals surface area contributed by atoms with Gasteiger partial charge < -0.3 is 25.2 Å². The fourth-order valence-electron chi connectivity index (χ4n) is 5.16. The predicted molar refractivity (Wildman–Crippen MR) is 164 cm³/mol. The molecular formula is C30H48N4O5S. The molecule has 10 heteroatoms. The standard InChI is InChI=1S/C28H44N4O3.C2H4O2S/c1-4-5-13-31(14-7-12-29)28(33)21-32-20-25(23-9-10-27-24(17-23)11-16-35-27)18-26(32)8-6-15-34-22(2)19-30-3;1-5-2(3)4/h9-10,17,19,25-26H,3-8,11-16,18,20-21,29H2,1-2H3;1H3,(H,3,4)/b22-19-;. The highest BCUT2D eigenvalue weighted by Crippen LogP contribution is 2.36. The van der Waals surface area contributed by atoms with Crippen LogP contribution in [0.4, 0.5) is 4.79 Å². The van der Waals surface area contributed by atoms with E-state index in [4.69, 9.17) is 20.3 Å². The van der Waals surface area contributed by atoms with E-state index in [2.05, 4.69) is 41.7 Å². The van der Waals surface area contributed by atoms with Gasteiger partial charge in [-0.25, -0.2) is 4.79 Å². The van der Waals surface area contributed by atoms with E-state index in [-0.39, 0.29) is 5.91 Å². The molecule has 0 aromatic heterocycles. The van der Waals surface area contributed by atoms with E-state index in [0.29, 0.717) is 31.7 Å². The lowest BCUT2D eigenvalue weighted by Crippen LogP contribution is -2.43. The average Bonchev–Trinajstić information content (AvgIpc) is 3.58. The summed E-state index contributed by atoms with van der Waals surface area (Å²) in [5.74, 6) is 2.46. The number of allylic oxidation sites excluding steroid dienone is 1. The summed E-state index contributed by atoms with van der Waals surface area (Å²) >= 11 is 0.796. The molecule has 0 bridgehead atoms. The highest BCUT2D eigenvalue weighted by molar-refractivity contribution is 8.12. The number of amides is 1. The Kier molecular flexibility index (Phi) is 15.7. The van der Waals surface area contributed by atoms with Crippen molar-refractivity contribution in [3.63, 3.8) is 0 Å². The van der Waals surface area contributed by atoms with E-state index in [0.717, 1.165) is 94.5 Å². The molecule has 0 radical (unpaired) electrons. The van der Waals surface area contributed by atoms with Crippen LogP contribution in [0.25, 0.3) is 0 Å². The second-order valence-electron chi connectivity index (χ2n) is 10.2. The van der Waals surface area contributed by atoms with E-state index in [1.54, 1.807) is 6.20 Å². The number of hydrogen-bond donors (Lipinski definition) is 2. The van der Waals surface area contributed by atoms with Crippen LogP contribution in [-0.4, -0.2) is 91.1 Å². The van der Waals surface area contributed by atoms with Gasteiger partial charge in [-0.15, -0.1) is 0 Å². The fraction of sp³-hybridized carbons (Fsp3) is 0.633. The summed E-state index contributed by atoms with van der Waals surface area (Å²) in [5, 5.41) is 6.86. The third-order valence-electron chi connectivity index (χ3n) is 7.28. The number of nitrogens with zero attached hydrogens (tertiary/aromatic N) is 3. The first-order chi connectivity index (χ1) is 19.3. The second-order valence-corrected chi connectivity index (χ2v) is 11.0. The van der Waals surface area contributed by atoms with Crippen LogP contribution >= 0.6 is 11.8 Å². The number of likely N-dealkylation sites (tertiary alicyclic amines) is 1. The van der Waals surface area contributed by atoms with Gasteiger partial charge >= 0.3 is 5.30 Å². The summed E-state index contributed by atoms with van der Waals surface area (Å²) in [5.41, 5.74) is 8.42. The molecule has 3 rings (SSSR count). The third-order valence-corrected chi connectivity index (χ3v) is 7.63. The molecule has 2 unspecified atom stereocenters. The van der Waals surface area contributed by atoms with Crippen LogP contribution in [0, 0.1) is 0 Å². The van der Waals surface area contributed by atoms with Crippen molar-refractivity contribution < 1.29 is 24.2 Å². The van der Waals surface area contributed by atoms with Gasteiger partial charge in [-0.1, -0.05) is 25.5 Å². The second kappa shape index (κ2) is 18.7. The number of rotatable bonds is 15. The number of thioether (sulfide) groups is 1. The molecule has 0 spiro atoms. The highest BCUT2D eigenvalue weighted by atomic mass is 32.2. The zero-order valence-corrected chi connectivity index (χ0v) is 25.3. The van der Waals surface area contributed by atoms with Crippen LogP contribution in [0.3, 0.4) is 0 Å². The van der Waals surface area contributed by atoms with Gasteiger partial charge in [-0.2, -0.15) is 0 Å². The van der Waals surface area contributed by atoms with Gasteiger partial charge in [0.1, 0.15) is 11.5 Å². The maximum atomic E-state index is 13.3. The Labute approximate surface area is 244 Å². The topological polar surface area (TPSA) is 118 Å². The molecule has 2 heterocycles. The van der Waals surface area contributed by atoms with Crippen LogP contribution in [0.15, 0.2) is 35.2 Å². The zero-order valence-electron chi connectivity index (χ0n) is 24.5. The van der Waals surface area contributed by atoms with Crippen LogP contribution < -0.4 is 10.5 Å². The molecule has 1 aromatic carbocycles. The molecule has 1 fully saturated rings. The van der Waals surface area contributed by atoms with Crippen LogP contribution in [0.1, 0.15) is 69.4 Å². The molecular weight excluding hydrogens is 528 g/mol. The lowest BCUT2D eigenvalue weighted by Gasteiger charge is -2.28. The Balaban J connectivity index is 0.00000103. The minimum Gasteiger partial charge on any atom is -0.497 e. The van der Waals surface area contributed by atoms with Crippen molar-refractivity contribution in [3.05, 3.63) is 41.3 Å². The van der Waals surface area contributed by atoms with E-state index in [9.17, 15) is 9.59 Å². The number of benzene rings is 1. The van der Waals surface area contributed by atoms with Crippen molar-refractivity contribution in [1.82, 2.24) is 9.80 Å². The molecule has 9 nitrogen and oxygen atoms in total. The van der Waals surface area contributed by atoms with Crippen molar-refractivity contribution in [2.75, 3.05) is 52.2 Å². The summed E-state index contributed by atoms with van der Waals surface area (Å²) in [6, 6.07) is 7.02. The Hall–Kier alpha value is -2.56. The lowest BCUT2D eigenvalue weighted by atomic mass is 9.93. The Morgan fingerprint density at radius 3 is 2.75 bits per heavy atom. The van der Waals surface area contributed by atoms with Gasteiger partial charge in [-0.05, 0) is 93.4 Å². The number of aliphatic imine (C=N–C) groups is 1. The summed E-state index contributed by atoms with van der Waals surface area (Å²) < 4.78 is 11.5. The maximum Gasteiger partial charge on any atom is 0.364 e. The quantitative estimate of drug-likeness (QED) is 0.167. The summed E-state index contributed by atoms with van der Waals surface area (Å²) in [7, 11) is 0. The summed E-state index contributed by atoms with van der Waals surface area (Å²) in [6.45, 7) is 12.5. The van der Waals surface area contributed by atoms with Crippen molar-refractivity contribution in [2.24, 2.45) is 10.7 Å². The molecule has 0 saturated carbocycles. The monoisotopic (exact) mass is 576 g/mol. The summed E-state index contributed by atoms with van der Waals surface area (Å²) in [4.78, 5) is 30.8. The molecule has 224 valence electrons. The number of carboxylic acid groups (broad SMARTS) is 1. The van der Waals surface area contributed by atoms with Gasteiger partial charge in [0, 0.05) is 32.1 Å². The maximum absolute atomic E-state index is 13.3. The van der Waals surface area contributed by atoms with Crippen LogP contribution in [0.5, 0.6) is 5.75 Å². The average molecular weight is 577 g/mol. The largest absolute Gasteiger partial charge is 0.497 e. The molecule has 2 atom stereocenters. The van der Waals surface area contributed by atoms with Crippen molar-refractivity contribution in [1.29, 1.82) is 0 Å². The number of fused-ring (bicyclic) bond motifs is 1. The van der Waals surface area contributed by atoms with Gasteiger partial charge in [0.15, 0.2) is 0 Å². The smallest absolute Gasteiger partial charge is 0.364 e. The molecule has 0 aliphatic carbocycles. The van der Waals surface area contributed by atoms with Crippen molar-refractivity contribution >= 4 is 29.7 Å². The van der Waals surface area contributed by atoms with E-state index >= 15 is 0 Å². The molecule has 3 N–H and O–H groups in total. The van der Waals surface area contributed by atoms with E-state index in [1.807, 2.05) is 11.8 Å². The summed E-state index contributed by atoms with van der Waals surface area (Å²) in [6.07, 6.45) is 10.1. The van der Waals surface area contributed by atoms with Crippen LogP contribution in [0.2, 0.25) is 0 Å². The fourth-order valence-corrected chi connectivity index (χ4v) is 5.16. The molecule has 2 aliphatic heterocycles. The van der Waals surface area contributed by atoms with Gasteiger partial charge in [0.25, 0.3) is 0 Å². The highest BCUT2D eigenvalue weighted by Gasteiger charge is 2.34. The third kappa shape index (κ3) is 11.5. The number of unbranched alkanes of at least 4 members (excludes halogenated alkanes) is 1. The van der Waals surface area contributed by atoms with E-state index < -0.39 is 5.30 Å². The first kappa shape index (κ1) is 33.6. The Morgan fingerprint density at radius 2 is 2.08 bits per heavy atom. The molecule has 1 aromatic rings. The molecule has 1 amide bonds. The number of carbonyl (C=O) groups is 2. The van der Waals surface area contributed by atoms with Gasteiger partial charge in [-0.3, -0.25) is 14.7 Å². The van der Waals surface area contributed by atoms with E-state index in [1.165, 1.54) is 17.4 Å². The Morgan fingerprint density at radius 1 is 1.32 bits per heavy atom. The van der Waals surface area contributed by atoms with Crippen LogP contribution in [-0.2, 0) is 16.0 Å². The van der Waals surface area contributed by atoms with Crippen molar-refractivity contribution in [3.8, 4) is 5.75 Å². The lowest BCUT2D eigenvalue weighted by molar-refractivity contribution is -0.132. The number of hydrogen-bond acceptors (Lipinski definition) is 8. The SMILES string of the molecule is C=N/C=C(/C)OCCCC1CC(c2ccc3c(c2)CCO3)CN1CC(=O)N(CCCC)CCCN.CSC(=O)O. The minimum atomic E-state index is -0.829. The molecule has 1 saturated heterocycles. The molecule has 40 heavy (non-hydrogen) atoms. The normalized spacial score (nSPS) is 18.4. The van der Waals surface area contributed by atoms with Crippen molar-refractivity contribution in [2.45, 2.75) is 70.8 Å². The first-order valence-corrected chi connectivity index (χ1v) is 15.5. The Bertz CT molecular complexity index is 965. The predicted octanol–water partition coefficient (Wildman–Crippen LogP) is 5.14. The zero-order chi connectivity index (χ0) is 29.3. The van der Waals surface area contributed by atoms with Gasteiger partial charge in [0.2, 0.25) is 5.91 Å².